The van der Waals surface area contributed by atoms with Crippen LogP contribution in [0.25, 0.3) is 0 Å². The van der Waals surface area contributed by atoms with Crippen molar-refractivity contribution in [3.05, 3.63) is 47.8 Å². The van der Waals surface area contributed by atoms with E-state index in [2.05, 4.69) is 9.97 Å². The van der Waals surface area contributed by atoms with Crippen molar-refractivity contribution in [2.45, 2.75) is 29.9 Å². The summed E-state index contributed by atoms with van der Waals surface area (Å²) in [5.74, 6) is 0. The first-order valence-corrected chi connectivity index (χ1v) is 6.29. The zero-order chi connectivity index (χ0) is 12.3. The Morgan fingerprint density at radius 1 is 1.18 bits per heavy atom. The summed E-state index contributed by atoms with van der Waals surface area (Å²) >= 11 is 1.55. The van der Waals surface area contributed by atoms with Gasteiger partial charge in [0.05, 0.1) is 0 Å². The van der Waals surface area contributed by atoms with Crippen LogP contribution in [-0.4, -0.2) is 9.97 Å². The standard InChI is InChI=1S/C13H15N3S/c1-9-7-15-13(16-8-9)17-12-6-4-3-5-11(12)10(2)14/h3-8,10H,14H2,1-2H3/t10-/m1/s1. The van der Waals surface area contributed by atoms with E-state index >= 15 is 0 Å². The van der Waals surface area contributed by atoms with Gasteiger partial charge in [-0.15, -0.1) is 0 Å². The number of hydrogen-bond donors (Lipinski definition) is 1. The third-order valence-corrected chi connectivity index (χ3v) is 3.35. The molecule has 0 saturated carbocycles. The van der Waals surface area contributed by atoms with Gasteiger partial charge in [-0.25, -0.2) is 9.97 Å². The van der Waals surface area contributed by atoms with E-state index < -0.39 is 0 Å². The minimum absolute atomic E-state index is 0.0177. The third-order valence-electron chi connectivity index (χ3n) is 2.37. The molecule has 0 unspecified atom stereocenters. The van der Waals surface area contributed by atoms with Gasteiger partial charge in [0.1, 0.15) is 0 Å². The zero-order valence-electron chi connectivity index (χ0n) is 9.92. The van der Waals surface area contributed by atoms with Crippen LogP contribution in [0.15, 0.2) is 46.7 Å². The predicted octanol–water partition coefficient (Wildman–Crippen LogP) is 2.96. The maximum atomic E-state index is 5.94. The van der Waals surface area contributed by atoms with E-state index in [0.29, 0.717) is 0 Å². The molecule has 0 saturated heterocycles. The van der Waals surface area contributed by atoms with E-state index in [1.807, 2.05) is 50.5 Å². The molecule has 1 heterocycles. The van der Waals surface area contributed by atoms with Crippen LogP contribution in [0, 0.1) is 6.92 Å². The van der Waals surface area contributed by atoms with Crippen molar-refractivity contribution in [3.8, 4) is 0 Å². The second kappa shape index (κ2) is 5.29. The Bertz CT molecular complexity index is 494. The smallest absolute Gasteiger partial charge is 0.192 e. The molecule has 0 amide bonds. The van der Waals surface area contributed by atoms with Crippen molar-refractivity contribution < 1.29 is 0 Å². The van der Waals surface area contributed by atoms with Gasteiger partial charge in [0.15, 0.2) is 5.16 Å². The summed E-state index contributed by atoms with van der Waals surface area (Å²) in [4.78, 5) is 9.69. The van der Waals surface area contributed by atoms with Crippen LogP contribution in [-0.2, 0) is 0 Å². The summed E-state index contributed by atoms with van der Waals surface area (Å²) in [7, 11) is 0. The highest BCUT2D eigenvalue weighted by Crippen LogP contribution is 2.30. The molecule has 1 aromatic heterocycles. The normalized spacial score (nSPS) is 12.4. The first-order valence-electron chi connectivity index (χ1n) is 5.48. The molecule has 0 bridgehead atoms. The molecule has 3 nitrogen and oxygen atoms in total. The zero-order valence-corrected chi connectivity index (χ0v) is 10.7. The molecule has 0 fully saturated rings. The van der Waals surface area contributed by atoms with E-state index in [4.69, 9.17) is 5.73 Å². The lowest BCUT2D eigenvalue weighted by molar-refractivity contribution is 0.796. The summed E-state index contributed by atoms with van der Waals surface area (Å²) < 4.78 is 0. The Hall–Kier alpha value is -1.39. The summed E-state index contributed by atoms with van der Waals surface area (Å²) in [5.41, 5.74) is 8.13. The second-order valence-corrected chi connectivity index (χ2v) is 4.98. The summed E-state index contributed by atoms with van der Waals surface area (Å²) in [5, 5.41) is 0.753. The summed E-state index contributed by atoms with van der Waals surface area (Å²) in [6.07, 6.45) is 3.65. The average Bonchev–Trinajstić information content (AvgIpc) is 2.32. The lowest BCUT2D eigenvalue weighted by Crippen LogP contribution is -2.06. The van der Waals surface area contributed by atoms with Crippen molar-refractivity contribution in [1.29, 1.82) is 0 Å². The molecule has 0 aliphatic carbocycles. The van der Waals surface area contributed by atoms with Crippen molar-refractivity contribution in [2.24, 2.45) is 5.73 Å². The van der Waals surface area contributed by atoms with Gasteiger partial charge in [-0.3, -0.25) is 0 Å². The lowest BCUT2D eigenvalue weighted by atomic mass is 10.1. The molecule has 4 heteroatoms. The van der Waals surface area contributed by atoms with E-state index in [-0.39, 0.29) is 6.04 Å². The van der Waals surface area contributed by atoms with Crippen LogP contribution in [0.3, 0.4) is 0 Å². The molecule has 0 aliphatic rings. The van der Waals surface area contributed by atoms with Gasteiger partial charge in [-0.2, -0.15) is 0 Å². The first kappa shape index (κ1) is 12.1. The van der Waals surface area contributed by atoms with E-state index in [9.17, 15) is 0 Å². The largest absolute Gasteiger partial charge is 0.324 e. The van der Waals surface area contributed by atoms with Crippen molar-refractivity contribution in [1.82, 2.24) is 9.97 Å². The van der Waals surface area contributed by atoms with Crippen LogP contribution in [0.2, 0.25) is 0 Å². The highest BCUT2D eigenvalue weighted by Gasteiger charge is 2.08. The molecular formula is C13H15N3S. The Morgan fingerprint density at radius 3 is 2.47 bits per heavy atom. The maximum Gasteiger partial charge on any atom is 0.192 e. The summed E-state index contributed by atoms with van der Waals surface area (Å²) in [6.45, 7) is 3.96. The molecule has 0 radical (unpaired) electrons. The molecule has 2 rings (SSSR count). The molecule has 1 atom stereocenters. The molecule has 2 aromatic rings. The Kier molecular flexibility index (Phi) is 3.76. The lowest BCUT2D eigenvalue weighted by Gasteiger charge is -2.10. The van der Waals surface area contributed by atoms with Crippen LogP contribution >= 0.6 is 11.8 Å². The number of aromatic nitrogens is 2. The fourth-order valence-electron chi connectivity index (χ4n) is 1.48. The van der Waals surface area contributed by atoms with Gasteiger partial charge < -0.3 is 5.73 Å². The van der Waals surface area contributed by atoms with E-state index in [1.165, 1.54) is 0 Å². The molecule has 2 N–H and O–H groups in total. The van der Waals surface area contributed by atoms with Crippen LogP contribution in [0.4, 0.5) is 0 Å². The number of benzene rings is 1. The van der Waals surface area contributed by atoms with Gasteiger partial charge in [0.2, 0.25) is 0 Å². The molecular weight excluding hydrogens is 230 g/mol. The van der Waals surface area contributed by atoms with Gasteiger partial charge in [0.25, 0.3) is 0 Å². The Labute approximate surface area is 105 Å². The minimum Gasteiger partial charge on any atom is -0.324 e. The Balaban J connectivity index is 2.26. The number of hydrogen-bond acceptors (Lipinski definition) is 4. The number of nitrogens with zero attached hydrogens (tertiary/aromatic N) is 2. The third kappa shape index (κ3) is 3.05. The fourth-order valence-corrected chi connectivity index (χ4v) is 2.41. The van der Waals surface area contributed by atoms with Crippen LogP contribution < -0.4 is 5.73 Å². The van der Waals surface area contributed by atoms with Gasteiger partial charge >= 0.3 is 0 Å². The van der Waals surface area contributed by atoms with Gasteiger partial charge in [-0.1, -0.05) is 18.2 Å². The quantitative estimate of drug-likeness (QED) is 0.845. The highest BCUT2D eigenvalue weighted by atomic mass is 32.2. The molecule has 17 heavy (non-hydrogen) atoms. The monoisotopic (exact) mass is 245 g/mol. The van der Waals surface area contributed by atoms with Gasteiger partial charge in [0, 0.05) is 23.3 Å². The van der Waals surface area contributed by atoms with Crippen molar-refractivity contribution >= 4 is 11.8 Å². The topological polar surface area (TPSA) is 51.8 Å². The SMILES string of the molecule is Cc1cnc(Sc2ccccc2[C@@H](C)N)nc1. The number of aryl methyl sites for hydroxylation is 1. The fraction of sp³-hybridized carbons (Fsp3) is 0.231. The average molecular weight is 245 g/mol. The molecule has 0 aliphatic heterocycles. The van der Waals surface area contributed by atoms with Crippen molar-refractivity contribution in [3.63, 3.8) is 0 Å². The maximum absolute atomic E-state index is 5.94. The van der Waals surface area contributed by atoms with Crippen LogP contribution in [0.5, 0.6) is 0 Å². The molecule has 0 spiro atoms. The first-order chi connectivity index (χ1) is 8.16. The van der Waals surface area contributed by atoms with Crippen LogP contribution in [0.1, 0.15) is 24.1 Å². The van der Waals surface area contributed by atoms with Gasteiger partial charge in [-0.05, 0) is 42.8 Å². The second-order valence-electron chi connectivity index (χ2n) is 3.97. The number of nitrogens with two attached hydrogens (primary N) is 1. The minimum atomic E-state index is 0.0177. The number of rotatable bonds is 3. The molecule has 1 aromatic carbocycles. The summed E-state index contributed by atoms with van der Waals surface area (Å²) in [6, 6.07) is 8.11. The van der Waals surface area contributed by atoms with E-state index in [0.717, 1.165) is 21.2 Å². The molecule has 88 valence electrons. The van der Waals surface area contributed by atoms with E-state index in [1.54, 1.807) is 11.8 Å². The van der Waals surface area contributed by atoms with Crippen molar-refractivity contribution in [2.75, 3.05) is 0 Å². The Morgan fingerprint density at radius 2 is 1.82 bits per heavy atom. The predicted molar refractivity (Wildman–Crippen MR) is 69.9 cm³/mol. The highest BCUT2D eigenvalue weighted by molar-refractivity contribution is 7.99.